The Labute approximate surface area is 188 Å². The van der Waals surface area contributed by atoms with Gasteiger partial charge in [-0.1, -0.05) is 38.1 Å². The van der Waals surface area contributed by atoms with Crippen molar-refractivity contribution in [3.05, 3.63) is 35.4 Å². The molecular weight excluding hydrogens is 412 g/mol. The van der Waals surface area contributed by atoms with Gasteiger partial charge >= 0.3 is 5.97 Å². The molecule has 1 aromatic rings. The third-order valence-electron chi connectivity index (χ3n) is 5.78. The lowest BCUT2D eigenvalue weighted by Gasteiger charge is -2.27. The average molecular weight is 447 g/mol. The SMILES string of the molecule is CNC(C)C(=O)NC(C(=O)NC(CC(=O)NC1CCCc2ccccc21)C(=O)O)C(C)C. The fraction of sp³-hybridized carbons (Fsp3) is 0.565. The Kier molecular flexibility index (Phi) is 9.19. The summed E-state index contributed by atoms with van der Waals surface area (Å²) < 4.78 is 0. The number of carboxylic acids is 1. The molecule has 0 aromatic heterocycles. The molecular formula is C23H34N4O5. The number of aryl methyl sites for hydroxylation is 1. The standard InChI is InChI=1S/C23H34N4O5/c1-13(2)20(27-21(29)14(3)24-4)22(30)26-18(23(31)32)12-19(28)25-17-11-7-9-15-8-5-6-10-16(15)17/h5-6,8,10,13-14,17-18,20,24H,7,9,11-12H2,1-4H3,(H,25,28)(H,26,30)(H,27,29)(H,31,32). The molecule has 5 N–H and O–H groups in total. The van der Waals surface area contributed by atoms with E-state index in [1.54, 1.807) is 27.8 Å². The van der Waals surface area contributed by atoms with Gasteiger partial charge in [0.25, 0.3) is 0 Å². The van der Waals surface area contributed by atoms with Crippen LogP contribution in [0.2, 0.25) is 0 Å². The minimum atomic E-state index is -1.40. The van der Waals surface area contributed by atoms with Gasteiger partial charge in [0.1, 0.15) is 12.1 Å². The van der Waals surface area contributed by atoms with E-state index in [1.165, 1.54) is 5.56 Å². The summed E-state index contributed by atoms with van der Waals surface area (Å²) in [5, 5.41) is 20.3. The summed E-state index contributed by atoms with van der Waals surface area (Å²) in [4.78, 5) is 49.3. The van der Waals surface area contributed by atoms with Crippen molar-refractivity contribution in [3.8, 4) is 0 Å². The van der Waals surface area contributed by atoms with Crippen molar-refractivity contribution in [1.82, 2.24) is 21.3 Å². The maximum Gasteiger partial charge on any atom is 0.326 e. The molecule has 3 amide bonds. The topological polar surface area (TPSA) is 137 Å². The number of aliphatic carboxylic acids is 1. The number of carbonyl (C=O) groups is 4. The first-order chi connectivity index (χ1) is 15.1. The van der Waals surface area contributed by atoms with Gasteiger partial charge < -0.3 is 26.4 Å². The van der Waals surface area contributed by atoms with E-state index in [4.69, 9.17) is 0 Å². The van der Waals surface area contributed by atoms with E-state index in [-0.39, 0.29) is 17.9 Å². The number of carboxylic acid groups (broad SMARTS) is 1. The number of amides is 3. The molecule has 9 nitrogen and oxygen atoms in total. The van der Waals surface area contributed by atoms with Gasteiger partial charge in [0.2, 0.25) is 17.7 Å². The van der Waals surface area contributed by atoms with Gasteiger partial charge in [0.15, 0.2) is 0 Å². The van der Waals surface area contributed by atoms with Crippen LogP contribution in [-0.2, 0) is 25.6 Å². The Balaban J connectivity index is 2.02. The summed E-state index contributed by atoms with van der Waals surface area (Å²) in [6.07, 6.45) is 2.26. The molecule has 0 saturated carbocycles. The lowest BCUT2D eigenvalue weighted by atomic mass is 9.87. The van der Waals surface area contributed by atoms with Crippen LogP contribution < -0.4 is 21.3 Å². The normalized spacial score (nSPS) is 18.1. The predicted molar refractivity (Wildman–Crippen MR) is 120 cm³/mol. The van der Waals surface area contributed by atoms with Gasteiger partial charge in [0.05, 0.1) is 18.5 Å². The molecule has 0 heterocycles. The lowest BCUT2D eigenvalue weighted by Crippen LogP contribution is -2.56. The lowest BCUT2D eigenvalue weighted by molar-refractivity contribution is -0.144. The molecule has 0 saturated heterocycles. The van der Waals surface area contributed by atoms with E-state index in [0.717, 1.165) is 24.8 Å². The molecule has 9 heteroatoms. The van der Waals surface area contributed by atoms with Crippen LogP contribution in [0, 0.1) is 5.92 Å². The largest absolute Gasteiger partial charge is 0.480 e. The zero-order valence-corrected chi connectivity index (χ0v) is 19.1. The molecule has 32 heavy (non-hydrogen) atoms. The van der Waals surface area contributed by atoms with Gasteiger partial charge in [-0.3, -0.25) is 14.4 Å². The predicted octanol–water partition coefficient (Wildman–Crippen LogP) is 0.888. The average Bonchev–Trinajstić information content (AvgIpc) is 2.76. The molecule has 4 atom stereocenters. The summed E-state index contributed by atoms with van der Waals surface area (Å²) >= 11 is 0. The molecule has 176 valence electrons. The molecule has 4 unspecified atom stereocenters. The zero-order valence-electron chi connectivity index (χ0n) is 19.1. The van der Waals surface area contributed by atoms with E-state index >= 15 is 0 Å². The Morgan fingerprint density at radius 1 is 1.06 bits per heavy atom. The quantitative estimate of drug-likeness (QED) is 0.362. The molecule has 0 bridgehead atoms. The second kappa shape index (κ2) is 11.6. The highest BCUT2D eigenvalue weighted by atomic mass is 16.4. The molecule has 0 radical (unpaired) electrons. The number of hydrogen-bond donors (Lipinski definition) is 5. The summed E-state index contributed by atoms with van der Waals surface area (Å²) in [6.45, 7) is 5.15. The molecule has 0 aliphatic heterocycles. The number of benzene rings is 1. The van der Waals surface area contributed by atoms with Crippen LogP contribution in [0.25, 0.3) is 0 Å². The third-order valence-corrected chi connectivity index (χ3v) is 5.78. The van der Waals surface area contributed by atoms with E-state index < -0.39 is 42.3 Å². The van der Waals surface area contributed by atoms with Gasteiger partial charge in [-0.05, 0) is 50.3 Å². The minimum Gasteiger partial charge on any atom is -0.480 e. The summed E-state index contributed by atoms with van der Waals surface area (Å²) in [5.41, 5.74) is 2.22. The first kappa shape index (κ1) is 25.3. The van der Waals surface area contributed by atoms with Crippen molar-refractivity contribution in [1.29, 1.82) is 0 Å². The van der Waals surface area contributed by atoms with E-state index in [2.05, 4.69) is 21.3 Å². The summed E-state index contributed by atoms with van der Waals surface area (Å²) in [5.74, 6) is -3.05. The van der Waals surface area contributed by atoms with Crippen molar-refractivity contribution < 1.29 is 24.3 Å². The second-order valence-electron chi connectivity index (χ2n) is 8.56. The van der Waals surface area contributed by atoms with Crippen LogP contribution in [0.3, 0.4) is 0 Å². The third kappa shape index (κ3) is 6.78. The van der Waals surface area contributed by atoms with Gasteiger partial charge in [0, 0.05) is 0 Å². The Morgan fingerprint density at radius 3 is 2.38 bits per heavy atom. The number of nitrogens with one attached hydrogen (secondary N) is 4. The van der Waals surface area contributed by atoms with Crippen LogP contribution in [0.5, 0.6) is 0 Å². The molecule has 1 aliphatic rings. The highest BCUT2D eigenvalue weighted by Crippen LogP contribution is 2.29. The number of rotatable bonds is 10. The van der Waals surface area contributed by atoms with Gasteiger partial charge in [-0.15, -0.1) is 0 Å². The summed E-state index contributed by atoms with van der Waals surface area (Å²) in [7, 11) is 1.62. The van der Waals surface area contributed by atoms with Crippen LogP contribution in [0.4, 0.5) is 0 Å². The fourth-order valence-corrected chi connectivity index (χ4v) is 3.75. The van der Waals surface area contributed by atoms with Crippen LogP contribution in [-0.4, -0.2) is 54.0 Å². The maximum atomic E-state index is 12.7. The molecule has 2 rings (SSSR count). The minimum absolute atomic E-state index is 0.177. The number of hydrogen-bond acceptors (Lipinski definition) is 5. The highest BCUT2D eigenvalue weighted by molar-refractivity contribution is 5.93. The maximum absolute atomic E-state index is 12.7. The molecule has 1 aliphatic carbocycles. The summed E-state index contributed by atoms with van der Waals surface area (Å²) in [6, 6.07) is 4.86. The Hall–Kier alpha value is -2.94. The highest BCUT2D eigenvalue weighted by Gasteiger charge is 2.31. The van der Waals surface area contributed by atoms with Gasteiger partial charge in [-0.25, -0.2) is 4.79 Å². The van der Waals surface area contributed by atoms with Crippen LogP contribution >= 0.6 is 0 Å². The smallest absolute Gasteiger partial charge is 0.326 e. The van der Waals surface area contributed by atoms with Crippen molar-refractivity contribution >= 4 is 23.7 Å². The monoisotopic (exact) mass is 446 g/mol. The van der Waals surface area contributed by atoms with Crippen molar-refractivity contribution in [2.75, 3.05) is 7.05 Å². The number of likely N-dealkylation sites (N-methyl/N-ethyl adjacent to an activating group) is 1. The van der Waals surface area contributed by atoms with Crippen LogP contribution in [0.15, 0.2) is 24.3 Å². The Bertz CT molecular complexity index is 841. The first-order valence-corrected chi connectivity index (χ1v) is 11.0. The van der Waals surface area contributed by atoms with Crippen molar-refractivity contribution in [2.45, 2.75) is 70.6 Å². The second-order valence-corrected chi connectivity index (χ2v) is 8.56. The van der Waals surface area contributed by atoms with Crippen molar-refractivity contribution in [3.63, 3.8) is 0 Å². The van der Waals surface area contributed by atoms with Crippen LogP contribution in [0.1, 0.15) is 57.2 Å². The zero-order chi connectivity index (χ0) is 23.8. The van der Waals surface area contributed by atoms with Gasteiger partial charge in [-0.2, -0.15) is 0 Å². The number of fused-ring (bicyclic) bond motifs is 1. The Morgan fingerprint density at radius 2 is 1.75 bits per heavy atom. The fourth-order valence-electron chi connectivity index (χ4n) is 3.75. The van der Waals surface area contributed by atoms with Crippen molar-refractivity contribution in [2.24, 2.45) is 5.92 Å². The molecule has 0 spiro atoms. The van der Waals surface area contributed by atoms with E-state index in [1.807, 2.05) is 24.3 Å². The van der Waals surface area contributed by atoms with E-state index in [0.29, 0.717) is 0 Å². The molecule has 0 fully saturated rings. The first-order valence-electron chi connectivity index (χ1n) is 11.0. The molecule has 1 aromatic carbocycles. The van der Waals surface area contributed by atoms with E-state index in [9.17, 15) is 24.3 Å². The number of carbonyl (C=O) groups excluding carboxylic acids is 3.